The summed E-state index contributed by atoms with van der Waals surface area (Å²) in [7, 11) is 0. The summed E-state index contributed by atoms with van der Waals surface area (Å²) in [5.74, 6) is 0.713. The van der Waals surface area contributed by atoms with E-state index < -0.39 is 0 Å². The second-order valence-electron chi connectivity index (χ2n) is 4.30. The minimum Gasteiger partial charge on any atom is -0.486 e. The van der Waals surface area contributed by atoms with Crippen molar-refractivity contribution in [2.75, 3.05) is 6.54 Å². The summed E-state index contributed by atoms with van der Waals surface area (Å²) in [6.07, 6.45) is 4.36. The molecule has 0 amide bonds. The Kier molecular flexibility index (Phi) is 3.63. The molecule has 1 aromatic rings. The maximum atomic E-state index is 5.98. The summed E-state index contributed by atoms with van der Waals surface area (Å²) in [5, 5.41) is 1.18. The highest BCUT2D eigenvalue weighted by Crippen LogP contribution is 2.35. The first-order valence-electron chi connectivity index (χ1n) is 5.49. The van der Waals surface area contributed by atoms with Crippen LogP contribution in [-0.4, -0.2) is 12.1 Å². The normalized spacial score (nSPS) is 18.7. The molecule has 0 aliphatic heterocycles. The van der Waals surface area contributed by atoms with Crippen LogP contribution in [0.25, 0.3) is 0 Å². The average Bonchev–Trinajstić information content (AvgIpc) is 2.65. The monoisotopic (exact) mass is 259 g/mol. The Labute approximate surface area is 106 Å². The number of benzene rings is 1. The minimum atomic E-state index is -0.214. The molecule has 16 heavy (non-hydrogen) atoms. The Morgan fingerprint density at radius 1 is 1.12 bits per heavy atom. The predicted molar refractivity (Wildman–Crippen MR) is 67.3 cm³/mol. The molecule has 0 unspecified atom stereocenters. The molecule has 0 radical (unpaired) electrons. The van der Waals surface area contributed by atoms with Gasteiger partial charge in [-0.25, -0.2) is 0 Å². The van der Waals surface area contributed by atoms with Crippen LogP contribution in [0.4, 0.5) is 0 Å². The van der Waals surface area contributed by atoms with Gasteiger partial charge >= 0.3 is 0 Å². The summed E-state index contributed by atoms with van der Waals surface area (Å²) in [4.78, 5) is 0. The van der Waals surface area contributed by atoms with E-state index in [9.17, 15) is 0 Å². The summed E-state index contributed by atoms with van der Waals surface area (Å²) in [6, 6.07) is 5.26. The molecule has 1 aromatic carbocycles. The van der Waals surface area contributed by atoms with E-state index in [1.807, 2.05) is 0 Å². The standard InChI is InChI=1S/C12H15Cl2NO/c13-9-5-10(14)7-11(6-9)16-12(8-15)3-1-2-4-12/h5-7H,1-4,8,15H2. The molecule has 0 atom stereocenters. The zero-order chi connectivity index (χ0) is 11.6. The lowest BCUT2D eigenvalue weighted by atomic mass is 10.0. The predicted octanol–water partition coefficient (Wildman–Crippen LogP) is 3.64. The van der Waals surface area contributed by atoms with Gasteiger partial charge < -0.3 is 10.5 Å². The van der Waals surface area contributed by atoms with E-state index in [0.29, 0.717) is 22.3 Å². The van der Waals surface area contributed by atoms with Gasteiger partial charge in [-0.05, 0) is 43.9 Å². The highest BCUT2D eigenvalue weighted by molar-refractivity contribution is 6.34. The molecule has 88 valence electrons. The minimum absolute atomic E-state index is 0.214. The number of nitrogens with two attached hydrogens (primary N) is 1. The highest BCUT2D eigenvalue weighted by atomic mass is 35.5. The van der Waals surface area contributed by atoms with Crippen molar-refractivity contribution in [3.63, 3.8) is 0 Å². The van der Waals surface area contributed by atoms with Gasteiger partial charge in [-0.2, -0.15) is 0 Å². The van der Waals surface area contributed by atoms with Crippen LogP contribution >= 0.6 is 23.2 Å². The Bertz CT molecular complexity index is 355. The van der Waals surface area contributed by atoms with Gasteiger partial charge in [0, 0.05) is 16.6 Å². The van der Waals surface area contributed by atoms with Crippen LogP contribution in [0.3, 0.4) is 0 Å². The van der Waals surface area contributed by atoms with Crippen LogP contribution in [0.5, 0.6) is 5.75 Å². The van der Waals surface area contributed by atoms with Crippen LogP contribution in [0.15, 0.2) is 18.2 Å². The molecule has 0 bridgehead atoms. The van der Waals surface area contributed by atoms with Gasteiger partial charge in [0.2, 0.25) is 0 Å². The van der Waals surface area contributed by atoms with E-state index in [2.05, 4.69) is 0 Å². The number of ether oxygens (including phenoxy) is 1. The number of hydrogen-bond donors (Lipinski definition) is 1. The van der Waals surface area contributed by atoms with Crippen molar-refractivity contribution in [3.05, 3.63) is 28.2 Å². The lowest BCUT2D eigenvalue weighted by Crippen LogP contribution is -2.40. The van der Waals surface area contributed by atoms with Gasteiger partial charge in [0.15, 0.2) is 0 Å². The Morgan fingerprint density at radius 2 is 1.69 bits per heavy atom. The quantitative estimate of drug-likeness (QED) is 0.900. The molecule has 2 N–H and O–H groups in total. The van der Waals surface area contributed by atoms with E-state index >= 15 is 0 Å². The van der Waals surface area contributed by atoms with Crippen LogP contribution < -0.4 is 10.5 Å². The highest BCUT2D eigenvalue weighted by Gasteiger charge is 2.34. The van der Waals surface area contributed by atoms with Gasteiger partial charge in [0.25, 0.3) is 0 Å². The summed E-state index contributed by atoms with van der Waals surface area (Å²) in [5.41, 5.74) is 5.59. The first kappa shape index (κ1) is 12.0. The molecular formula is C12H15Cl2NO. The molecule has 1 saturated carbocycles. The third kappa shape index (κ3) is 2.62. The fraction of sp³-hybridized carbons (Fsp3) is 0.500. The van der Waals surface area contributed by atoms with Gasteiger partial charge in [-0.3, -0.25) is 0 Å². The van der Waals surface area contributed by atoms with E-state index in [1.165, 1.54) is 12.8 Å². The molecule has 2 nitrogen and oxygen atoms in total. The number of halogens is 2. The lowest BCUT2D eigenvalue weighted by molar-refractivity contribution is 0.0853. The van der Waals surface area contributed by atoms with Gasteiger partial charge in [-0.1, -0.05) is 23.2 Å². The third-order valence-electron chi connectivity index (χ3n) is 3.06. The van der Waals surface area contributed by atoms with Crippen LogP contribution in [0.2, 0.25) is 10.0 Å². The van der Waals surface area contributed by atoms with Gasteiger partial charge in [0.05, 0.1) is 0 Å². The van der Waals surface area contributed by atoms with Crippen molar-refractivity contribution >= 4 is 23.2 Å². The fourth-order valence-electron chi connectivity index (χ4n) is 2.20. The molecule has 2 rings (SSSR count). The zero-order valence-electron chi connectivity index (χ0n) is 9.01. The second kappa shape index (κ2) is 4.82. The van der Waals surface area contributed by atoms with E-state index in [0.717, 1.165) is 12.8 Å². The second-order valence-corrected chi connectivity index (χ2v) is 5.17. The Balaban J connectivity index is 2.18. The summed E-state index contributed by atoms with van der Waals surface area (Å²) < 4.78 is 5.98. The third-order valence-corrected chi connectivity index (χ3v) is 3.49. The molecule has 0 aromatic heterocycles. The topological polar surface area (TPSA) is 35.2 Å². The SMILES string of the molecule is NCC1(Oc2cc(Cl)cc(Cl)c2)CCCC1. The summed E-state index contributed by atoms with van der Waals surface area (Å²) >= 11 is 11.9. The number of hydrogen-bond acceptors (Lipinski definition) is 2. The largest absolute Gasteiger partial charge is 0.486 e. The maximum Gasteiger partial charge on any atom is 0.123 e. The molecule has 0 spiro atoms. The average molecular weight is 260 g/mol. The fourth-order valence-corrected chi connectivity index (χ4v) is 2.71. The van der Waals surface area contributed by atoms with Crippen molar-refractivity contribution in [1.29, 1.82) is 0 Å². The van der Waals surface area contributed by atoms with E-state index in [1.54, 1.807) is 18.2 Å². The van der Waals surface area contributed by atoms with E-state index in [-0.39, 0.29) is 5.60 Å². The van der Waals surface area contributed by atoms with Crippen LogP contribution in [-0.2, 0) is 0 Å². The lowest BCUT2D eigenvalue weighted by Gasteiger charge is -2.28. The van der Waals surface area contributed by atoms with Crippen LogP contribution in [0.1, 0.15) is 25.7 Å². The molecule has 0 saturated heterocycles. The van der Waals surface area contributed by atoms with Crippen molar-refractivity contribution in [1.82, 2.24) is 0 Å². The first-order valence-corrected chi connectivity index (χ1v) is 6.24. The zero-order valence-corrected chi connectivity index (χ0v) is 10.5. The van der Waals surface area contributed by atoms with Gasteiger partial charge in [-0.15, -0.1) is 0 Å². The molecular weight excluding hydrogens is 245 g/mol. The smallest absolute Gasteiger partial charge is 0.123 e. The van der Waals surface area contributed by atoms with Crippen molar-refractivity contribution in [2.24, 2.45) is 5.73 Å². The Hall–Kier alpha value is -0.440. The molecule has 4 heteroatoms. The van der Waals surface area contributed by atoms with Crippen molar-refractivity contribution in [3.8, 4) is 5.75 Å². The first-order chi connectivity index (χ1) is 7.63. The molecule has 1 aliphatic rings. The Morgan fingerprint density at radius 3 is 2.19 bits per heavy atom. The van der Waals surface area contributed by atoms with Crippen molar-refractivity contribution in [2.45, 2.75) is 31.3 Å². The molecule has 1 fully saturated rings. The van der Waals surface area contributed by atoms with Crippen molar-refractivity contribution < 1.29 is 4.74 Å². The van der Waals surface area contributed by atoms with E-state index in [4.69, 9.17) is 33.7 Å². The summed E-state index contributed by atoms with van der Waals surface area (Å²) in [6.45, 7) is 0.539. The molecule has 0 heterocycles. The number of rotatable bonds is 3. The molecule has 1 aliphatic carbocycles. The van der Waals surface area contributed by atoms with Gasteiger partial charge in [0.1, 0.15) is 11.4 Å². The van der Waals surface area contributed by atoms with Crippen LogP contribution in [0, 0.1) is 0 Å². The maximum absolute atomic E-state index is 5.98.